The van der Waals surface area contributed by atoms with Crippen molar-refractivity contribution in [2.75, 3.05) is 0 Å². The molecular weight excluding hydrogens is 264 g/mol. The molecule has 0 heteroatoms. The summed E-state index contributed by atoms with van der Waals surface area (Å²) in [7, 11) is 0. The average Bonchev–Trinajstić information content (AvgIpc) is 2.47. The molecule has 22 heavy (non-hydrogen) atoms. The Bertz CT molecular complexity index is 718. The standard InChI is InChI=1S/C22H22/c1-15-8-5-9-16(2)21(15)19-12-7-13-20(14-19)22-17(3)10-6-11-18(22)4/h5-14H,1-4H3. The highest BCUT2D eigenvalue weighted by Gasteiger charge is 2.09. The van der Waals surface area contributed by atoms with Crippen LogP contribution in [0.1, 0.15) is 22.3 Å². The lowest BCUT2D eigenvalue weighted by Crippen LogP contribution is -1.91. The van der Waals surface area contributed by atoms with E-state index in [9.17, 15) is 0 Å². The van der Waals surface area contributed by atoms with Gasteiger partial charge in [-0.3, -0.25) is 0 Å². The zero-order valence-corrected chi connectivity index (χ0v) is 13.8. The Kier molecular flexibility index (Phi) is 3.85. The zero-order valence-electron chi connectivity index (χ0n) is 13.8. The predicted molar refractivity (Wildman–Crippen MR) is 96.3 cm³/mol. The van der Waals surface area contributed by atoms with Gasteiger partial charge in [-0.2, -0.15) is 0 Å². The molecule has 0 aliphatic rings. The van der Waals surface area contributed by atoms with Crippen molar-refractivity contribution in [3.8, 4) is 22.3 Å². The Morgan fingerprint density at radius 1 is 0.455 bits per heavy atom. The first kappa shape index (κ1) is 14.6. The van der Waals surface area contributed by atoms with Gasteiger partial charge in [-0.15, -0.1) is 0 Å². The minimum absolute atomic E-state index is 1.30. The van der Waals surface area contributed by atoms with Crippen LogP contribution in [0.2, 0.25) is 0 Å². The van der Waals surface area contributed by atoms with Gasteiger partial charge in [-0.05, 0) is 78.3 Å². The summed E-state index contributed by atoms with van der Waals surface area (Å²) in [5.41, 5.74) is 10.6. The van der Waals surface area contributed by atoms with Crippen molar-refractivity contribution < 1.29 is 0 Å². The molecule has 0 spiro atoms. The first-order chi connectivity index (χ1) is 10.6. The molecule has 0 unspecified atom stereocenters. The summed E-state index contributed by atoms with van der Waals surface area (Å²) in [6, 6.07) is 21.9. The first-order valence-electron chi connectivity index (χ1n) is 7.81. The van der Waals surface area contributed by atoms with Crippen LogP contribution in [-0.2, 0) is 0 Å². The molecule has 3 rings (SSSR count). The van der Waals surface area contributed by atoms with Gasteiger partial charge in [0.25, 0.3) is 0 Å². The fourth-order valence-corrected chi connectivity index (χ4v) is 3.37. The number of hydrogen-bond acceptors (Lipinski definition) is 0. The van der Waals surface area contributed by atoms with E-state index in [-0.39, 0.29) is 0 Å². The van der Waals surface area contributed by atoms with E-state index in [1.165, 1.54) is 44.5 Å². The van der Waals surface area contributed by atoms with Gasteiger partial charge in [0, 0.05) is 0 Å². The van der Waals surface area contributed by atoms with E-state index in [0.29, 0.717) is 0 Å². The van der Waals surface area contributed by atoms with Crippen LogP contribution in [0.4, 0.5) is 0 Å². The summed E-state index contributed by atoms with van der Waals surface area (Å²) in [6.45, 7) is 8.75. The van der Waals surface area contributed by atoms with Crippen molar-refractivity contribution in [2.45, 2.75) is 27.7 Å². The van der Waals surface area contributed by atoms with Crippen LogP contribution in [0.3, 0.4) is 0 Å². The molecule has 0 saturated carbocycles. The van der Waals surface area contributed by atoms with Gasteiger partial charge >= 0.3 is 0 Å². The summed E-state index contributed by atoms with van der Waals surface area (Å²) in [4.78, 5) is 0. The van der Waals surface area contributed by atoms with Crippen molar-refractivity contribution in [2.24, 2.45) is 0 Å². The molecule has 0 amide bonds. The largest absolute Gasteiger partial charge is 0.0617 e. The number of benzene rings is 3. The molecule has 0 saturated heterocycles. The third-order valence-corrected chi connectivity index (χ3v) is 4.40. The lowest BCUT2D eigenvalue weighted by molar-refractivity contribution is 1.36. The van der Waals surface area contributed by atoms with Crippen molar-refractivity contribution in [1.29, 1.82) is 0 Å². The van der Waals surface area contributed by atoms with Gasteiger partial charge in [0.1, 0.15) is 0 Å². The van der Waals surface area contributed by atoms with Crippen LogP contribution < -0.4 is 0 Å². The first-order valence-corrected chi connectivity index (χ1v) is 7.81. The molecule has 0 fully saturated rings. The highest BCUT2D eigenvalue weighted by molar-refractivity contribution is 5.78. The molecule has 0 radical (unpaired) electrons. The van der Waals surface area contributed by atoms with E-state index in [1.807, 2.05) is 0 Å². The molecule has 0 aliphatic carbocycles. The Morgan fingerprint density at radius 3 is 1.14 bits per heavy atom. The van der Waals surface area contributed by atoms with Crippen LogP contribution in [0.5, 0.6) is 0 Å². The van der Waals surface area contributed by atoms with Gasteiger partial charge in [0.05, 0.1) is 0 Å². The fraction of sp³-hybridized carbons (Fsp3) is 0.182. The number of aryl methyl sites for hydroxylation is 4. The Hall–Kier alpha value is -2.34. The van der Waals surface area contributed by atoms with Crippen LogP contribution in [0.25, 0.3) is 22.3 Å². The van der Waals surface area contributed by atoms with E-state index < -0.39 is 0 Å². The fourth-order valence-electron chi connectivity index (χ4n) is 3.37. The molecule has 0 aromatic heterocycles. The summed E-state index contributed by atoms with van der Waals surface area (Å²) in [5, 5.41) is 0. The molecular formula is C22H22. The maximum Gasteiger partial charge on any atom is -0.0125 e. The SMILES string of the molecule is Cc1cccc(C)c1-c1cccc(-c2c(C)cccc2C)c1. The van der Waals surface area contributed by atoms with Crippen molar-refractivity contribution >= 4 is 0 Å². The molecule has 0 atom stereocenters. The van der Waals surface area contributed by atoms with E-state index >= 15 is 0 Å². The molecule has 0 heterocycles. The maximum atomic E-state index is 2.32. The van der Waals surface area contributed by atoms with Crippen molar-refractivity contribution in [1.82, 2.24) is 0 Å². The predicted octanol–water partition coefficient (Wildman–Crippen LogP) is 6.25. The lowest BCUT2D eigenvalue weighted by Gasteiger charge is -2.14. The van der Waals surface area contributed by atoms with Gasteiger partial charge in [0.15, 0.2) is 0 Å². The molecule has 0 N–H and O–H groups in total. The van der Waals surface area contributed by atoms with E-state index in [0.717, 1.165) is 0 Å². The highest BCUT2D eigenvalue weighted by atomic mass is 14.1. The monoisotopic (exact) mass is 286 g/mol. The Labute approximate surface area is 133 Å². The third kappa shape index (κ3) is 2.57. The Morgan fingerprint density at radius 2 is 0.773 bits per heavy atom. The maximum absolute atomic E-state index is 2.32. The molecule has 0 bridgehead atoms. The Balaban J connectivity index is 2.19. The van der Waals surface area contributed by atoms with Gasteiger partial charge in [-0.1, -0.05) is 54.6 Å². The van der Waals surface area contributed by atoms with Crippen LogP contribution in [-0.4, -0.2) is 0 Å². The van der Waals surface area contributed by atoms with Crippen LogP contribution in [0.15, 0.2) is 60.7 Å². The van der Waals surface area contributed by atoms with Crippen molar-refractivity contribution in [3.05, 3.63) is 82.9 Å². The molecule has 0 aliphatic heterocycles. The second-order valence-electron chi connectivity index (χ2n) is 6.11. The smallest absolute Gasteiger partial charge is 0.0125 e. The van der Waals surface area contributed by atoms with Gasteiger partial charge in [-0.25, -0.2) is 0 Å². The van der Waals surface area contributed by atoms with Crippen LogP contribution in [0, 0.1) is 27.7 Å². The molecule has 110 valence electrons. The minimum Gasteiger partial charge on any atom is -0.0617 e. The molecule has 3 aromatic carbocycles. The number of rotatable bonds is 2. The second-order valence-corrected chi connectivity index (χ2v) is 6.11. The van der Waals surface area contributed by atoms with E-state index in [2.05, 4.69) is 88.4 Å². The topological polar surface area (TPSA) is 0 Å². The number of hydrogen-bond donors (Lipinski definition) is 0. The molecule has 3 aromatic rings. The minimum atomic E-state index is 1.30. The summed E-state index contributed by atoms with van der Waals surface area (Å²) in [6.07, 6.45) is 0. The average molecular weight is 286 g/mol. The summed E-state index contributed by atoms with van der Waals surface area (Å²) in [5.74, 6) is 0. The van der Waals surface area contributed by atoms with Crippen LogP contribution >= 0.6 is 0 Å². The summed E-state index contributed by atoms with van der Waals surface area (Å²) < 4.78 is 0. The lowest BCUT2D eigenvalue weighted by atomic mass is 9.91. The summed E-state index contributed by atoms with van der Waals surface area (Å²) >= 11 is 0. The van der Waals surface area contributed by atoms with Gasteiger partial charge < -0.3 is 0 Å². The van der Waals surface area contributed by atoms with E-state index in [1.54, 1.807) is 0 Å². The zero-order chi connectivity index (χ0) is 15.7. The quantitative estimate of drug-likeness (QED) is 0.522. The molecule has 0 nitrogen and oxygen atoms in total. The van der Waals surface area contributed by atoms with Crippen molar-refractivity contribution in [3.63, 3.8) is 0 Å². The third-order valence-electron chi connectivity index (χ3n) is 4.40. The second kappa shape index (κ2) is 5.81. The van der Waals surface area contributed by atoms with E-state index in [4.69, 9.17) is 0 Å². The normalized spacial score (nSPS) is 10.7. The highest BCUT2D eigenvalue weighted by Crippen LogP contribution is 2.33. The van der Waals surface area contributed by atoms with Gasteiger partial charge in [0.2, 0.25) is 0 Å².